The predicted molar refractivity (Wildman–Crippen MR) is 76.4 cm³/mol. The Labute approximate surface area is 111 Å². The van der Waals surface area contributed by atoms with E-state index in [1.54, 1.807) is 0 Å². The van der Waals surface area contributed by atoms with E-state index in [-0.39, 0.29) is 0 Å². The minimum absolute atomic E-state index is 0.415. The first-order chi connectivity index (χ1) is 8.33. The molecule has 0 aliphatic rings. The van der Waals surface area contributed by atoms with Gasteiger partial charge in [-0.05, 0) is 49.3 Å². The van der Waals surface area contributed by atoms with Crippen molar-refractivity contribution in [2.24, 2.45) is 0 Å². The molecule has 0 heterocycles. The minimum Gasteiger partial charge on any atom is -0.215 e. The fraction of sp³-hybridized carbons (Fsp3) is 0.571. The molecule has 4 heteroatoms. The van der Waals surface area contributed by atoms with Gasteiger partial charge in [0.25, 0.3) is 0 Å². The van der Waals surface area contributed by atoms with Crippen molar-refractivity contribution < 1.29 is 8.42 Å². The Balaban J connectivity index is 2.68. The Kier molecular flexibility index (Phi) is 5.35. The van der Waals surface area contributed by atoms with Crippen molar-refractivity contribution in [3.05, 3.63) is 34.9 Å². The van der Waals surface area contributed by atoms with Gasteiger partial charge in [0.2, 0.25) is 10.0 Å². The average Bonchev–Trinajstić information content (AvgIpc) is 2.27. The van der Waals surface area contributed by atoms with Crippen LogP contribution in [0.15, 0.2) is 18.2 Å². The SMILES string of the molecule is CCC(CCNS(C)(=O)=O)c1ccc(C)c(C)c1. The monoisotopic (exact) mass is 269 g/mol. The maximum absolute atomic E-state index is 11.0. The third-order valence-corrected chi connectivity index (χ3v) is 4.08. The van der Waals surface area contributed by atoms with Gasteiger partial charge in [-0.3, -0.25) is 0 Å². The highest BCUT2D eigenvalue weighted by molar-refractivity contribution is 7.88. The first kappa shape index (κ1) is 15.2. The Morgan fingerprint density at radius 2 is 1.89 bits per heavy atom. The zero-order chi connectivity index (χ0) is 13.8. The van der Waals surface area contributed by atoms with Crippen LogP contribution in [0.3, 0.4) is 0 Å². The molecule has 102 valence electrons. The summed E-state index contributed by atoms with van der Waals surface area (Å²) in [6.45, 7) is 6.86. The number of hydrogen-bond donors (Lipinski definition) is 1. The van der Waals surface area contributed by atoms with Gasteiger partial charge >= 0.3 is 0 Å². The van der Waals surface area contributed by atoms with Crippen molar-refractivity contribution in [1.29, 1.82) is 0 Å². The molecule has 0 aliphatic heterocycles. The van der Waals surface area contributed by atoms with Crippen LogP contribution in [0.2, 0.25) is 0 Å². The molecule has 0 bridgehead atoms. The van der Waals surface area contributed by atoms with Gasteiger partial charge < -0.3 is 0 Å². The summed E-state index contributed by atoms with van der Waals surface area (Å²) in [5.74, 6) is 0.415. The molecular formula is C14H23NO2S. The molecular weight excluding hydrogens is 246 g/mol. The molecule has 0 radical (unpaired) electrons. The smallest absolute Gasteiger partial charge is 0.208 e. The maximum Gasteiger partial charge on any atom is 0.208 e. The summed E-state index contributed by atoms with van der Waals surface area (Å²) < 4.78 is 24.6. The van der Waals surface area contributed by atoms with Crippen LogP contribution in [0.5, 0.6) is 0 Å². The number of hydrogen-bond acceptors (Lipinski definition) is 2. The first-order valence-corrected chi connectivity index (χ1v) is 8.24. The minimum atomic E-state index is -3.08. The third-order valence-electron chi connectivity index (χ3n) is 3.35. The Morgan fingerprint density at radius 1 is 1.22 bits per heavy atom. The van der Waals surface area contributed by atoms with Crippen LogP contribution < -0.4 is 4.72 Å². The van der Waals surface area contributed by atoms with Crippen LogP contribution in [0.1, 0.15) is 42.4 Å². The molecule has 3 nitrogen and oxygen atoms in total. The molecule has 1 aromatic rings. The molecule has 0 fully saturated rings. The van der Waals surface area contributed by atoms with Crippen molar-refractivity contribution in [2.75, 3.05) is 12.8 Å². The molecule has 0 amide bonds. The van der Waals surface area contributed by atoms with Crippen molar-refractivity contribution in [3.8, 4) is 0 Å². The lowest BCUT2D eigenvalue weighted by atomic mass is 9.91. The van der Waals surface area contributed by atoms with Gasteiger partial charge in [-0.15, -0.1) is 0 Å². The van der Waals surface area contributed by atoms with E-state index in [1.165, 1.54) is 22.9 Å². The van der Waals surface area contributed by atoms with Crippen LogP contribution in [0.25, 0.3) is 0 Å². The predicted octanol–water partition coefficient (Wildman–Crippen LogP) is 2.74. The van der Waals surface area contributed by atoms with Crippen LogP contribution in [0, 0.1) is 13.8 Å². The largest absolute Gasteiger partial charge is 0.215 e. The first-order valence-electron chi connectivity index (χ1n) is 6.35. The summed E-state index contributed by atoms with van der Waals surface area (Å²) in [5.41, 5.74) is 3.89. The molecule has 0 aliphatic carbocycles. The second-order valence-electron chi connectivity index (χ2n) is 4.90. The zero-order valence-corrected chi connectivity index (χ0v) is 12.5. The van der Waals surface area contributed by atoms with E-state index in [2.05, 4.69) is 43.7 Å². The normalized spacial score (nSPS) is 13.6. The van der Waals surface area contributed by atoms with Gasteiger partial charge in [-0.1, -0.05) is 25.1 Å². The Hall–Kier alpha value is -0.870. The number of aryl methyl sites for hydroxylation is 2. The van der Waals surface area contributed by atoms with Crippen LogP contribution in [-0.2, 0) is 10.0 Å². The fourth-order valence-electron chi connectivity index (χ4n) is 2.04. The Bertz CT molecular complexity index is 495. The highest BCUT2D eigenvalue weighted by atomic mass is 32.2. The topological polar surface area (TPSA) is 46.2 Å². The van der Waals surface area contributed by atoms with E-state index in [0.717, 1.165) is 12.8 Å². The van der Waals surface area contributed by atoms with Gasteiger partial charge in [-0.25, -0.2) is 13.1 Å². The third kappa shape index (κ3) is 4.78. The number of nitrogens with one attached hydrogen (secondary N) is 1. The summed E-state index contributed by atoms with van der Waals surface area (Å²) in [6.07, 6.45) is 3.06. The van der Waals surface area contributed by atoms with E-state index in [1.807, 2.05) is 0 Å². The average molecular weight is 269 g/mol. The second-order valence-corrected chi connectivity index (χ2v) is 6.74. The molecule has 0 saturated heterocycles. The standard InChI is InChI=1S/C14H23NO2S/c1-5-13(8-9-15-18(4,16)17)14-7-6-11(2)12(3)10-14/h6-7,10,13,15H,5,8-9H2,1-4H3. The van der Waals surface area contributed by atoms with Crippen molar-refractivity contribution in [3.63, 3.8) is 0 Å². The quantitative estimate of drug-likeness (QED) is 0.863. The van der Waals surface area contributed by atoms with Gasteiger partial charge in [-0.2, -0.15) is 0 Å². The molecule has 1 N–H and O–H groups in total. The van der Waals surface area contributed by atoms with E-state index in [0.29, 0.717) is 12.5 Å². The molecule has 18 heavy (non-hydrogen) atoms. The zero-order valence-electron chi connectivity index (χ0n) is 11.7. The number of benzene rings is 1. The van der Waals surface area contributed by atoms with Gasteiger partial charge in [0.15, 0.2) is 0 Å². The summed E-state index contributed by atoms with van der Waals surface area (Å²) in [7, 11) is -3.08. The molecule has 1 rings (SSSR count). The maximum atomic E-state index is 11.0. The summed E-state index contributed by atoms with van der Waals surface area (Å²) in [6, 6.07) is 6.50. The Morgan fingerprint density at radius 3 is 2.39 bits per heavy atom. The summed E-state index contributed by atoms with van der Waals surface area (Å²) in [5, 5.41) is 0. The van der Waals surface area contributed by atoms with Gasteiger partial charge in [0, 0.05) is 6.54 Å². The summed E-state index contributed by atoms with van der Waals surface area (Å²) in [4.78, 5) is 0. The van der Waals surface area contributed by atoms with E-state index in [9.17, 15) is 8.42 Å². The molecule has 0 spiro atoms. The van der Waals surface area contributed by atoms with E-state index in [4.69, 9.17) is 0 Å². The molecule has 0 aromatic heterocycles. The molecule has 0 saturated carbocycles. The van der Waals surface area contributed by atoms with Gasteiger partial charge in [0.1, 0.15) is 0 Å². The molecule has 1 atom stereocenters. The van der Waals surface area contributed by atoms with Crippen molar-refractivity contribution in [2.45, 2.75) is 39.5 Å². The molecule has 1 unspecified atom stereocenters. The second kappa shape index (κ2) is 6.34. The highest BCUT2D eigenvalue weighted by Crippen LogP contribution is 2.24. The van der Waals surface area contributed by atoms with Crippen LogP contribution in [-0.4, -0.2) is 21.2 Å². The lowest BCUT2D eigenvalue weighted by Gasteiger charge is -2.16. The fourth-order valence-corrected chi connectivity index (χ4v) is 2.53. The number of sulfonamides is 1. The summed E-state index contributed by atoms with van der Waals surface area (Å²) >= 11 is 0. The number of rotatable bonds is 6. The van der Waals surface area contributed by atoms with Gasteiger partial charge in [0.05, 0.1) is 6.26 Å². The lowest BCUT2D eigenvalue weighted by molar-refractivity contribution is 0.564. The lowest BCUT2D eigenvalue weighted by Crippen LogP contribution is -2.24. The molecule has 1 aromatic carbocycles. The van der Waals surface area contributed by atoms with E-state index >= 15 is 0 Å². The highest BCUT2D eigenvalue weighted by Gasteiger charge is 2.11. The van der Waals surface area contributed by atoms with Crippen LogP contribution >= 0.6 is 0 Å². The van der Waals surface area contributed by atoms with Crippen molar-refractivity contribution in [1.82, 2.24) is 4.72 Å². The van der Waals surface area contributed by atoms with Crippen LogP contribution in [0.4, 0.5) is 0 Å². The van der Waals surface area contributed by atoms with E-state index < -0.39 is 10.0 Å². The van der Waals surface area contributed by atoms with Crippen molar-refractivity contribution >= 4 is 10.0 Å².